The van der Waals surface area contributed by atoms with Crippen molar-refractivity contribution >= 4 is 45.0 Å². The van der Waals surface area contributed by atoms with E-state index in [4.69, 9.17) is 9.15 Å². The SMILES string of the molecule is CCOC(=O)C1=C(C)N=c2s/c(=C\c3ccc(-c4ccc([N+](=O)[O-])cc4Br)o3)c(=O)n2[C@@H]1c1ccc(C(C)C)cc1. The number of hydrogen-bond acceptors (Lipinski definition) is 8. The van der Waals surface area contributed by atoms with Gasteiger partial charge in [-0.3, -0.25) is 19.5 Å². The summed E-state index contributed by atoms with van der Waals surface area (Å²) >= 11 is 4.58. The Labute approximate surface area is 247 Å². The number of thiazole rings is 1. The third-order valence-corrected chi connectivity index (χ3v) is 8.40. The molecule has 41 heavy (non-hydrogen) atoms. The van der Waals surface area contributed by atoms with Crippen LogP contribution in [0.4, 0.5) is 5.69 Å². The van der Waals surface area contributed by atoms with E-state index < -0.39 is 16.9 Å². The monoisotopic (exact) mass is 635 g/mol. The topological polar surface area (TPSA) is 117 Å². The van der Waals surface area contributed by atoms with Crippen molar-refractivity contribution in [2.24, 2.45) is 4.99 Å². The number of furan rings is 1. The maximum Gasteiger partial charge on any atom is 0.338 e. The highest BCUT2D eigenvalue weighted by molar-refractivity contribution is 9.10. The van der Waals surface area contributed by atoms with Crippen molar-refractivity contribution in [3.63, 3.8) is 0 Å². The molecule has 9 nitrogen and oxygen atoms in total. The molecule has 0 aliphatic carbocycles. The predicted molar refractivity (Wildman–Crippen MR) is 159 cm³/mol. The van der Waals surface area contributed by atoms with Crippen molar-refractivity contribution in [2.45, 2.75) is 39.7 Å². The largest absolute Gasteiger partial charge is 0.463 e. The molecule has 0 saturated heterocycles. The van der Waals surface area contributed by atoms with Crippen LogP contribution in [0.25, 0.3) is 17.4 Å². The molecule has 0 radical (unpaired) electrons. The van der Waals surface area contributed by atoms with Crippen LogP contribution in [0.1, 0.15) is 56.5 Å². The second-order valence-corrected chi connectivity index (χ2v) is 11.6. The van der Waals surface area contributed by atoms with Crippen LogP contribution in [0.15, 0.2) is 84.5 Å². The summed E-state index contributed by atoms with van der Waals surface area (Å²) in [5.74, 6) is 0.729. The Morgan fingerprint density at radius 2 is 1.95 bits per heavy atom. The van der Waals surface area contributed by atoms with E-state index >= 15 is 0 Å². The summed E-state index contributed by atoms with van der Waals surface area (Å²) in [5, 5.41) is 11.1. The molecule has 1 atom stereocenters. The fourth-order valence-corrected chi connectivity index (χ4v) is 6.28. The van der Waals surface area contributed by atoms with E-state index in [-0.39, 0.29) is 17.9 Å². The number of aromatic nitrogens is 1. The maximum absolute atomic E-state index is 13.8. The molecule has 0 N–H and O–H groups in total. The molecule has 1 aliphatic rings. The van der Waals surface area contributed by atoms with Crippen molar-refractivity contribution in [1.82, 2.24) is 4.57 Å². The van der Waals surface area contributed by atoms with Crippen molar-refractivity contribution in [1.29, 1.82) is 0 Å². The van der Waals surface area contributed by atoms with Gasteiger partial charge in [-0.25, -0.2) is 9.79 Å². The second-order valence-electron chi connectivity index (χ2n) is 9.75. The van der Waals surface area contributed by atoms with Crippen LogP contribution < -0.4 is 14.9 Å². The van der Waals surface area contributed by atoms with Crippen LogP contribution in [0.5, 0.6) is 0 Å². The quantitative estimate of drug-likeness (QED) is 0.143. The summed E-state index contributed by atoms with van der Waals surface area (Å²) in [6.45, 7) is 7.89. The fraction of sp³-hybridized carbons (Fsp3) is 0.233. The molecule has 1 aliphatic heterocycles. The molecule has 0 amide bonds. The molecule has 5 rings (SSSR count). The zero-order valence-corrected chi connectivity index (χ0v) is 25.1. The van der Waals surface area contributed by atoms with Gasteiger partial charge in [0.15, 0.2) is 4.80 Å². The summed E-state index contributed by atoms with van der Waals surface area (Å²) < 4.78 is 13.8. The van der Waals surface area contributed by atoms with Gasteiger partial charge in [-0.2, -0.15) is 0 Å². The molecule has 3 heterocycles. The Balaban J connectivity index is 1.60. The van der Waals surface area contributed by atoms with E-state index in [0.717, 1.165) is 11.1 Å². The minimum absolute atomic E-state index is 0.0422. The van der Waals surface area contributed by atoms with Gasteiger partial charge in [0.2, 0.25) is 0 Å². The number of non-ortho nitro benzene ring substituents is 1. The number of nitrogens with zero attached hydrogens (tertiary/aromatic N) is 3. The molecule has 0 spiro atoms. The van der Waals surface area contributed by atoms with E-state index in [1.54, 1.807) is 38.1 Å². The number of hydrogen-bond donors (Lipinski definition) is 0. The lowest BCUT2D eigenvalue weighted by Gasteiger charge is -2.25. The standard InChI is InChI=1S/C30H26BrN3O6S/c1-5-39-29(36)26-17(4)32-30-33(27(26)19-8-6-18(7-9-19)16(2)3)28(35)25(41-30)15-21-11-13-24(40-21)22-12-10-20(34(37)38)14-23(22)31/h6-16,27H,5H2,1-4H3/b25-15-/t27-/m1/s1. The van der Waals surface area contributed by atoms with Gasteiger partial charge in [-0.05, 0) is 65.0 Å². The van der Waals surface area contributed by atoms with Crippen LogP contribution >= 0.6 is 27.3 Å². The summed E-state index contributed by atoms with van der Waals surface area (Å²) in [6, 6.07) is 15.1. The van der Waals surface area contributed by atoms with Gasteiger partial charge in [0.05, 0.1) is 33.4 Å². The fourth-order valence-electron chi connectivity index (χ4n) is 4.69. The zero-order valence-electron chi connectivity index (χ0n) is 22.7. The van der Waals surface area contributed by atoms with E-state index in [0.29, 0.717) is 48.1 Å². The average Bonchev–Trinajstić information content (AvgIpc) is 3.52. The Hall–Kier alpha value is -4.09. The van der Waals surface area contributed by atoms with Crippen molar-refractivity contribution < 1.29 is 18.9 Å². The number of allylic oxidation sites excluding steroid dienone is 1. The third-order valence-electron chi connectivity index (χ3n) is 6.76. The van der Waals surface area contributed by atoms with Gasteiger partial charge in [-0.1, -0.05) is 49.4 Å². The number of benzene rings is 2. The first kappa shape index (κ1) is 28.4. The molecule has 2 aromatic heterocycles. The first-order valence-electron chi connectivity index (χ1n) is 12.9. The smallest absolute Gasteiger partial charge is 0.338 e. The van der Waals surface area contributed by atoms with Crippen molar-refractivity contribution in [3.05, 3.63) is 117 Å². The van der Waals surface area contributed by atoms with Crippen LogP contribution in [0, 0.1) is 10.1 Å². The Morgan fingerprint density at radius 3 is 2.59 bits per heavy atom. The molecule has 0 fully saturated rings. The molecular weight excluding hydrogens is 610 g/mol. The predicted octanol–water partition coefficient (Wildman–Crippen LogP) is 5.85. The highest BCUT2D eigenvalue weighted by Gasteiger charge is 2.33. The lowest BCUT2D eigenvalue weighted by atomic mass is 9.93. The van der Waals surface area contributed by atoms with Gasteiger partial charge >= 0.3 is 5.97 Å². The number of nitro benzene ring substituents is 1. The number of fused-ring (bicyclic) bond motifs is 1. The molecule has 11 heteroatoms. The molecule has 0 saturated carbocycles. The molecular formula is C30H26BrN3O6S. The zero-order chi connectivity index (χ0) is 29.4. The number of carbonyl (C=O) groups excluding carboxylic acids is 1. The first-order valence-corrected chi connectivity index (χ1v) is 14.5. The molecule has 0 bridgehead atoms. The van der Waals surface area contributed by atoms with Gasteiger partial charge in [0.1, 0.15) is 11.5 Å². The van der Waals surface area contributed by atoms with Gasteiger partial charge in [0.25, 0.3) is 11.2 Å². The van der Waals surface area contributed by atoms with E-state index in [1.807, 2.05) is 24.3 Å². The van der Waals surface area contributed by atoms with Gasteiger partial charge in [-0.15, -0.1) is 0 Å². The third kappa shape index (κ3) is 5.47. The Bertz CT molecular complexity index is 1880. The number of ether oxygens (including phenoxy) is 1. The molecule has 2 aromatic carbocycles. The minimum atomic E-state index is -0.697. The summed E-state index contributed by atoms with van der Waals surface area (Å²) in [7, 11) is 0. The van der Waals surface area contributed by atoms with E-state index in [2.05, 4.69) is 34.8 Å². The molecule has 210 valence electrons. The van der Waals surface area contributed by atoms with E-state index in [1.165, 1.54) is 28.0 Å². The highest BCUT2D eigenvalue weighted by atomic mass is 79.9. The summed E-state index contributed by atoms with van der Waals surface area (Å²) in [4.78, 5) is 42.6. The lowest BCUT2D eigenvalue weighted by molar-refractivity contribution is -0.384. The normalized spacial score (nSPS) is 15.2. The summed E-state index contributed by atoms with van der Waals surface area (Å²) in [5.41, 5.74) is 3.03. The molecule has 4 aromatic rings. The average molecular weight is 637 g/mol. The van der Waals surface area contributed by atoms with E-state index in [9.17, 15) is 19.7 Å². The van der Waals surface area contributed by atoms with Crippen LogP contribution in [0.3, 0.4) is 0 Å². The lowest BCUT2D eigenvalue weighted by Crippen LogP contribution is -2.39. The highest BCUT2D eigenvalue weighted by Crippen LogP contribution is 2.33. The second kappa shape index (κ2) is 11.4. The van der Waals surface area contributed by atoms with Crippen LogP contribution in [0.2, 0.25) is 0 Å². The number of esters is 1. The summed E-state index contributed by atoms with van der Waals surface area (Å²) in [6.07, 6.45) is 1.63. The molecule has 0 unspecified atom stereocenters. The van der Waals surface area contributed by atoms with Crippen molar-refractivity contribution in [3.8, 4) is 11.3 Å². The maximum atomic E-state index is 13.8. The minimum Gasteiger partial charge on any atom is -0.463 e. The Morgan fingerprint density at radius 1 is 1.22 bits per heavy atom. The first-order chi connectivity index (χ1) is 19.6. The Kier molecular flexibility index (Phi) is 7.92. The number of carbonyl (C=O) groups is 1. The number of rotatable bonds is 7. The number of halogens is 1. The van der Waals surface area contributed by atoms with Crippen LogP contribution in [-0.4, -0.2) is 22.1 Å². The number of nitro groups is 1. The van der Waals surface area contributed by atoms with Gasteiger partial charge in [0, 0.05) is 28.2 Å². The van der Waals surface area contributed by atoms with Crippen LogP contribution in [-0.2, 0) is 9.53 Å². The van der Waals surface area contributed by atoms with Gasteiger partial charge < -0.3 is 9.15 Å². The van der Waals surface area contributed by atoms with Crippen molar-refractivity contribution in [2.75, 3.05) is 6.61 Å².